The van der Waals surface area contributed by atoms with E-state index in [4.69, 9.17) is 0 Å². The minimum Gasteiger partial charge on any atom is -0.352 e. The van der Waals surface area contributed by atoms with Crippen molar-refractivity contribution < 1.29 is 13.2 Å². The van der Waals surface area contributed by atoms with Crippen LogP contribution in [0.25, 0.3) is 0 Å². The predicted molar refractivity (Wildman–Crippen MR) is 90.0 cm³/mol. The van der Waals surface area contributed by atoms with Crippen molar-refractivity contribution in [2.75, 3.05) is 26.2 Å². The van der Waals surface area contributed by atoms with E-state index in [0.717, 1.165) is 17.7 Å². The van der Waals surface area contributed by atoms with Gasteiger partial charge in [-0.05, 0) is 38.8 Å². The molecule has 1 saturated carbocycles. The van der Waals surface area contributed by atoms with E-state index in [-0.39, 0.29) is 11.9 Å². The third kappa shape index (κ3) is 3.76. The average molecular weight is 358 g/mol. The topological polar surface area (TPSA) is 69.7 Å². The van der Waals surface area contributed by atoms with Crippen LogP contribution < -0.4 is 5.32 Å². The molecule has 1 atom stereocenters. The molecule has 1 aliphatic heterocycles. The van der Waals surface area contributed by atoms with Crippen molar-refractivity contribution in [3.05, 3.63) is 17.0 Å². The van der Waals surface area contributed by atoms with Crippen molar-refractivity contribution in [3.63, 3.8) is 0 Å². The lowest BCUT2D eigenvalue weighted by Crippen LogP contribution is -2.55. The Balaban J connectivity index is 1.58. The third-order valence-electron chi connectivity index (χ3n) is 4.43. The predicted octanol–water partition coefficient (Wildman–Crippen LogP) is 1.03. The van der Waals surface area contributed by atoms with Crippen LogP contribution in [0.2, 0.25) is 0 Å². The number of nitrogens with zero attached hydrogens (tertiary/aromatic N) is 2. The molecule has 1 N–H and O–H groups in total. The van der Waals surface area contributed by atoms with Crippen molar-refractivity contribution in [3.8, 4) is 0 Å². The molecule has 2 heterocycles. The molecule has 0 spiro atoms. The normalized spacial score (nSPS) is 22.0. The van der Waals surface area contributed by atoms with E-state index in [0.29, 0.717) is 36.4 Å². The molecule has 6 nitrogen and oxygen atoms in total. The van der Waals surface area contributed by atoms with Crippen LogP contribution in [0.5, 0.6) is 0 Å². The van der Waals surface area contributed by atoms with Crippen molar-refractivity contribution in [1.29, 1.82) is 0 Å². The molecule has 2 fully saturated rings. The van der Waals surface area contributed by atoms with Gasteiger partial charge in [0.1, 0.15) is 4.21 Å². The summed E-state index contributed by atoms with van der Waals surface area (Å²) in [5.74, 6) is 0.0534. The molecular weight excluding hydrogens is 334 g/mol. The largest absolute Gasteiger partial charge is 0.352 e. The van der Waals surface area contributed by atoms with E-state index in [1.165, 1.54) is 15.6 Å². The molecule has 128 valence electrons. The zero-order valence-corrected chi connectivity index (χ0v) is 15.1. The van der Waals surface area contributed by atoms with Gasteiger partial charge >= 0.3 is 0 Å². The zero-order valence-electron chi connectivity index (χ0n) is 13.5. The molecule has 0 aromatic carbocycles. The summed E-state index contributed by atoms with van der Waals surface area (Å²) < 4.78 is 27.1. The Kier molecular flexibility index (Phi) is 4.78. The SMILES string of the molecule is Cc1ccc(S(=O)(=O)N2CCN(C(C)C(=O)NC3CC3)CC2)s1. The first-order valence-electron chi connectivity index (χ1n) is 7.99. The van der Waals surface area contributed by atoms with Gasteiger partial charge in [0, 0.05) is 37.1 Å². The summed E-state index contributed by atoms with van der Waals surface area (Å²) in [6.45, 7) is 5.83. The summed E-state index contributed by atoms with van der Waals surface area (Å²) in [7, 11) is -3.39. The van der Waals surface area contributed by atoms with Gasteiger partial charge in [-0.1, -0.05) is 0 Å². The van der Waals surface area contributed by atoms with Gasteiger partial charge in [-0.25, -0.2) is 8.42 Å². The minimum absolute atomic E-state index is 0.0534. The van der Waals surface area contributed by atoms with Crippen molar-refractivity contribution >= 4 is 27.3 Å². The second-order valence-corrected chi connectivity index (χ2v) is 9.72. The van der Waals surface area contributed by atoms with E-state index in [1.54, 1.807) is 6.07 Å². The fourth-order valence-electron chi connectivity index (χ4n) is 2.72. The molecule has 1 saturated heterocycles. The van der Waals surface area contributed by atoms with Crippen LogP contribution in [0.15, 0.2) is 16.3 Å². The average Bonchev–Trinajstić information content (AvgIpc) is 3.23. The van der Waals surface area contributed by atoms with Gasteiger partial charge in [0.05, 0.1) is 6.04 Å². The highest BCUT2D eigenvalue weighted by atomic mass is 32.2. The summed E-state index contributed by atoms with van der Waals surface area (Å²) in [6, 6.07) is 3.66. The van der Waals surface area contributed by atoms with Crippen LogP contribution in [0.4, 0.5) is 0 Å². The Morgan fingerprint density at radius 3 is 2.43 bits per heavy atom. The van der Waals surface area contributed by atoms with Gasteiger partial charge in [0.15, 0.2) is 0 Å². The molecular formula is C15H23N3O3S2. The summed E-state index contributed by atoms with van der Waals surface area (Å²) in [4.78, 5) is 15.2. The number of amides is 1. The molecule has 0 bridgehead atoms. The number of piperazine rings is 1. The van der Waals surface area contributed by atoms with E-state index in [9.17, 15) is 13.2 Å². The Morgan fingerprint density at radius 2 is 1.91 bits per heavy atom. The monoisotopic (exact) mass is 357 g/mol. The Morgan fingerprint density at radius 1 is 1.26 bits per heavy atom. The first kappa shape index (κ1) is 16.9. The van der Waals surface area contributed by atoms with Gasteiger partial charge in [0.2, 0.25) is 5.91 Å². The van der Waals surface area contributed by atoms with E-state index in [1.807, 2.05) is 19.9 Å². The molecule has 0 radical (unpaired) electrons. The van der Waals surface area contributed by atoms with Crippen LogP contribution in [0.3, 0.4) is 0 Å². The van der Waals surface area contributed by atoms with Gasteiger partial charge < -0.3 is 5.32 Å². The standard InChI is InChI=1S/C15H23N3O3S2/c1-11-3-6-14(22-11)23(20,21)18-9-7-17(8-10-18)12(2)15(19)16-13-4-5-13/h3,6,12-13H,4-5,7-10H2,1-2H3,(H,16,19). The van der Waals surface area contributed by atoms with Crippen molar-refractivity contribution in [2.24, 2.45) is 0 Å². The van der Waals surface area contributed by atoms with Crippen molar-refractivity contribution in [1.82, 2.24) is 14.5 Å². The second-order valence-electron chi connectivity index (χ2n) is 6.26. The molecule has 1 amide bonds. The highest BCUT2D eigenvalue weighted by Gasteiger charge is 2.33. The molecule has 3 rings (SSSR count). The lowest BCUT2D eigenvalue weighted by molar-refractivity contribution is -0.126. The Bertz CT molecular complexity index is 674. The lowest BCUT2D eigenvalue weighted by atomic mass is 10.2. The van der Waals surface area contributed by atoms with Crippen LogP contribution in [-0.4, -0.2) is 61.8 Å². The van der Waals surface area contributed by atoms with Crippen LogP contribution in [0, 0.1) is 6.92 Å². The number of thiophene rings is 1. The minimum atomic E-state index is -3.39. The van der Waals surface area contributed by atoms with Crippen LogP contribution in [-0.2, 0) is 14.8 Å². The quantitative estimate of drug-likeness (QED) is 0.855. The first-order chi connectivity index (χ1) is 10.9. The van der Waals surface area contributed by atoms with E-state index >= 15 is 0 Å². The van der Waals surface area contributed by atoms with Crippen molar-refractivity contribution in [2.45, 2.75) is 43.0 Å². The fourth-order valence-corrected chi connectivity index (χ4v) is 5.58. The summed E-state index contributed by atoms with van der Waals surface area (Å²) in [5.41, 5.74) is 0. The van der Waals surface area contributed by atoms with Gasteiger partial charge in [0.25, 0.3) is 10.0 Å². The maximum Gasteiger partial charge on any atom is 0.252 e. The molecule has 23 heavy (non-hydrogen) atoms. The molecule has 2 aliphatic rings. The summed E-state index contributed by atoms with van der Waals surface area (Å²) >= 11 is 1.31. The van der Waals surface area contributed by atoms with Gasteiger partial charge in [-0.15, -0.1) is 11.3 Å². The number of hydrogen-bond donors (Lipinski definition) is 1. The van der Waals surface area contributed by atoms with Crippen LogP contribution >= 0.6 is 11.3 Å². The maximum atomic E-state index is 12.6. The number of hydrogen-bond acceptors (Lipinski definition) is 5. The van der Waals surface area contributed by atoms with E-state index in [2.05, 4.69) is 10.2 Å². The van der Waals surface area contributed by atoms with E-state index < -0.39 is 10.0 Å². The molecule has 1 unspecified atom stereocenters. The first-order valence-corrected chi connectivity index (χ1v) is 10.2. The fraction of sp³-hybridized carbons (Fsp3) is 0.667. The molecule has 1 aromatic heterocycles. The molecule has 1 aromatic rings. The third-order valence-corrected chi connectivity index (χ3v) is 7.80. The Labute approximate surface area is 141 Å². The number of sulfonamides is 1. The number of aryl methyl sites for hydroxylation is 1. The number of carbonyl (C=O) groups excluding carboxylic acids is 1. The molecule has 8 heteroatoms. The maximum absolute atomic E-state index is 12.6. The highest BCUT2D eigenvalue weighted by Crippen LogP contribution is 2.25. The van der Waals surface area contributed by atoms with Gasteiger partial charge in [-0.2, -0.15) is 4.31 Å². The number of rotatable bonds is 5. The molecule has 1 aliphatic carbocycles. The van der Waals surface area contributed by atoms with Crippen LogP contribution in [0.1, 0.15) is 24.6 Å². The number of carbonyl (C=O) groups is 1. The Hall–Kier alpha value is -0.960. The zero-order chi connectivity index (χ0) is 16.6. The van der Waals surface area contributed by atoms with Gasteiger partial charge in [-0.3, -0.25) is 9.69 Å². The smallest absolute Gasteiger partial charge is 0.252 e. The second kappa shape index (κ2) is 6.51. The highest BCUT2D eigenvalue weighted by molar-refractivity contribution is 7.91. The number of nitrogens with one attached hydrogen (secondary N) is 1. The lowest BCUT2D eigenvalue weighted by Gasteiger charge is -2.36. The summed E-state index contributed by atoms with van der Waals surface area (Å²) in [5, 5.41) is 3.01. The summed E-state index contributed by atoms with van der Waals surface area (Å²) in [6.07, 6.45) is 2.15.